The molecule has 0 aromatic heterocycles. The summed E-state index contributed by atoms with van der Waals surface area (Å²) < 4.78 is 11.3. The summed E-state index contributed by atoms with van der Waals surface area (Å²) in [6.45, 7) is 4.06. The van der Waals surface area contributed by atoms with Gasteiger partial charge in [-0.15, -0.1) is 0 Å². The highest BCUT2D eigenvalue weighted by atomic mass is 16.5. The quantitative estimate of drug-likeness (QED) is 0.877. The second kappa shape index (κ2) is 4.67. The van der Waals surface area contributed by atoms with E-state index in [4.69, 9.17) is 9.47 Å². The number of hydrogen-bond acceptors (Lipinski definition) is 3. The first-order valence-electron chi connectivity index (χ1n) is 6.00. The topological polar surface area (TPSA) is 38.7 Å². The molecule has 1 aliphatic rings. The molecule has 1 N–H and O–H groups in total. The summed E-state index contributed by atoms with van der Waals surface area (Å²) in [7, 11) is 1.70. The molecule has 2 unspecified atom stereocenters. The molecule has 1 aliphatic heterocycles. The predicted molar refractivity (Wildman–Crippen MR) is 66.1 cm³/mol. The van der Waals surface area contributed by atoms with Crippen LogP contribution in [0.2, 0.25) is 0 Å². The van der Waals surface area contributed by atoms with Crippen LogP contribution in [0.3, 0.4) is 0 Å². The SMILES string of the molecule is COC(C)(C)CC1CC(O)c2ccccc2O1. The van der Waals surface area contributed by atoms with E-state index in [1.807, 2.05) is 38.1 Å². The molecule has 0 spiro atoms. The van der Waals surface area contributed by atoms with E-state index in [9.17, 15) is 5.11 Å². The Kier molecular flexibility index (Phi) is 3.40. The lowest BCUT2D eigenvalue weighted by molar-refractivity contribution is -0.0311. The number of ether oxygens (including phenoxy) is 2. The monoisotopic (exact) mass is 236 g/mol. The van der Waals surface area contributed by atoms with Crippen molar-refractivity contribution >= 4 is 0 Å². The largest absolute Gasteiger partial charge is 0.490 e. The van der Waals surface area contributed by atoms with Gasteiger partial charge < -0.3 is 14.6 Å². The zero-order valence-corrected chi connectivity index (χ0v) is 10.6. The summed E-state index contributed by atoms with van der Waals surface area (Å²) in [6.07, 6.45) is 0.978. The van der Waals surface area contributed by atoms with E-state index < -0.39 is 6.10 Å². The molecule has 2 atom stereocenters. The molecule has 0 saturated carbocycles. The third-order valence-electron chi connectivity index (χ3n) is 3.33. The Morgan fingerprint density at radius 3 is 2.82 bits per heavy atom. The number of aliphatic hydroxyl groups excluding tert-OH is 1. The van der Waals surface area contributed by atoms with Crippen molar-refractivity contribution in [3.63, 3.8) is 0 Å². The molecule has 3 heteroatoms. The highest BCUT2D eigenvalue weighted by Crippen LogP contribution is 2.36. The lowest BCUT2D eigenvalue weighted by Gasteiger charge is -2.34. The van der Waals surface area contributed by atoms with Gasteiger partial charge in [-0.3, -0.25) is 0 Å². The fourth-order valence-electron chi connectivity index (χ4n) is 2.22. The Morgan fingerprint density at radius 2 is 2.12 bits per heavy atom. The fourth-order valence-corrected chi connectivity index (χ4v) is 2.22. The highest BCUT2D eigenvalue weighted by Gasteiger charge is 2.31. The van der Waals surface area contributed by atoms with E-state index >= 15 is 0 Å². The van der Waals surface area contributed by atoms with Gasteiger partial charge in [-0.05, 0) is 19.9 Å². The van der Waals surface area contributed by atoms with Crippen LogP contribution in [0.4, 0.5) is 0 Å². The molecule has 0 aliphatic carbocycles. The molecule has 2 rings (SSSR count). The van der Waals surface area contributed by atoms with Crippen LogP contribution in [-0.4, -0.2) is 23.9 Å². The third kappa shape index (κ3) is 2.79. The normalized spacial score (nSPS) is 24.0. The molecule has 1 aromatic carbocycles. The zero-order valence-electron chi connectivity index (χ0n) is 10.6. The van der Waals surface area contributed by atoms with Gasteiger partial charge in [0.15, 0.2) is 0 Å². The first-order chi connectivity index (χ1) is 8.02. The summed E-state index contributed by atoms with van der Waals surface area (Å²) in [4.78, 5) is 0. The van der Waals surface area contributed by atoms with Crippen molar-refractivity contribution in [3.05, 3.63) is 29.8 Å². The minimum absolute atomic E-state index is 0.00912. The number of rotatable bonds is 3. The van der Waals surface area contributed by atoms with Crippen molar-refractivity contribution in [2.24, 2.45) is 0 Å². The lowest BCUT2D eigenvalue weighted by atomic mass is 9.92. The Labute approximate surface area is 102 Å². The average Bonchev–Trinajstić information content (AvgIpc) is 2.28. The van der Waals surface area contributed by atoms with Crippen LogP contribution in [0.25, 0.3) is 0 Å². The van der Waals surface area contributed by atoms with E-state index in [0.29, 0.717) is 6.42 Å². The van der Waals surface area contributed by atoms with Crippen LogP contribution in [0.5, 0.6) is 5.75 Å². The van der Waals surface area contributed by atoms with Gasteiger partial charge in [-0.1, -0.05) is 18.2 Å². The fraction of sp³-hybridized carbons (Fsp3) is 0.571. The smallest absolute Gasteiger partial charge is 0.125 e. The van der Waals surface area contributed by atoms with E-state index in [1.54, 1.807) is 7.11 Å². The second-order valence-corrected chi connectivity index (χ2v) is 5.20. The highest BCUT2D eigenvalue weighted by molar-refractivity contribution is 5.36. The Bertz CT molecular complexity index is 387. The maximum Gasteiger partial charge on any atom is 0.125 e. The second-order valence-electron chi connectivity index (χ2n) is 5.20. The third-order valence-corrected chi connectivity index (χ3v) is 3.33. The van der Waals surface area contributed by atoms with Crippen molar-refractivity contribution in [2.75, 3.05) is 7.11 Å². The van der Waals surface area contributed by atoms with Crippen LogP contribution >= 0.6 is 0 Å². The number of para-hydroxylation sites is 1. The first-order valence-corrected chi connectivity index (χ1v) is 6.00. The maximum atomic E-state index is 10.1. The molecule has 3 nitrogen and oxygen atoms in total. The molecule has 0 radical (unpaired) electrons. The van der Waals surface area contributed by atoms with Crippen molar-refractivity contribution in [3.8, 4) is 5.75 Å². The molecule has 17 heavy (non-hydrogen) atoms. The zero-order chi connectivity index (χ0) is 12.5. The van der Waals surface area contributed by atoms with Gasteiger partial charge in [0.05, 0.1) is 11.7 Å². The van der Waals surface area contributed by atoms with Crippen LogP contribution in [0, 0.1) is 0 Å². The number of aliphatic hydroxyl groups is 1. The number of benzene rings is 1. The van der Waals surface area contributed by atoms with Gasteiger partial charge in [0, 0.05) is 25.5 Å². The van der Waals surface area contributed by atoms with Gasteiger partial charge in [0.1, 0.15) is 11.9 Å². The van der Waals surface area contributed by atoms with Crippen LogP contribution in [-0.2, 0) is 4.74 Å². The maximum absolute atomic E-state index is 10.1. The van der Waals surface area contributed by atoms with Crippen LogP contribution in [0.15, 0.2) is 24.3 Å². The van der Waals surface area contributed by atoms with Gasteiger partial charge >= 0.3 is 0 Å². The van der Waals surface area contributed by atoms with E-state index in [2.05, 4.69) is 0 Å². The Morgan fingerprint density at radius 1 is 1.41 bits per heavy atom. The van der Waals surface area contributed by atoms with Crippen LogP contribution in [0.1, 0.15) is 38.4 Å². The molecule has 1 aromatic rings. The molecule has 94 valence electrons. The summed E-state index contributed by atoms with van der Waals surface area (Å²) in [5.41, 5.74) is 0.662. The predicted octanol–water partition coefficient (Wildman–Crippen LogP) is 2.69. The molecule has 0 amide bonds. The van der Waals surface area contributed by atoms with Gasteiger partial charge in [0.2, 0.25) is 0 Å². The standard InChI is InChI=1S/C14H20O3/c1-14(2,16-3)9-10-8-12(15)11-6-4-5-7-13(11)17-10/h4-7,10,12,15H,8-9H2,1-3H3. The van der Waals surface area contributed by atoms with E-state index in [1.165, 1.54) is 0 Å². The minimum atomic E-state index is -0.433. The Balaban J connectivity index is 2.12. The number of methoxy groups -OCH3 is 1. The minimum Gasteiger partial charge on any atom is -0.490 e. The molecule has 1 heterocycles. The van der Waals surface area contributed by atoms with Crippen molar-refractivity contribution < 1.29 is 14.6 Å². The van der Waals surface area contributed by atoms with Crippen molar-refractivity contribution in [2.45, 2.75) is 44.5 Å². The summed E-state index contributed by atoms with van der Waals surface area (Å²) in [6, 6.07) is 7.67. The van der Waals surface area contributed by atoms with Crippen LogP contribution < -0.4 is 4.74 Å². The average molecular weight is 236 g/mol. The molecule has 0 saturated heterocycles. The summed E-state index contributed by atoms with van der Waals surface area (Å²) in [5.74, 6) is 0.795. The number of fused-ring (bicyclic) bond motifs is 1. The van der Waals surface area contributed by atoms with Crippen molar-refractivity contribution in [1.82, 2.24) is 0 Å². The molecular formula is C14H20O3. The van der Waals surface area contributed by atoms with Crippen molar-refractivity contribution in [1.29, 1.82) is 0 Å². The van der Waals surface area contributed by atoms with Gasteiger partial charge in [-0.25, -0.2) is 0 Å². The lowest BCUT2D eigenvalue weighted by Crippen LogP contribution is -2.35. The molecule has 0 fully saturated rings. The molecular weight excluding hydrogens is 216 g/mol. The van der Waals surface area contributed by atoms with Gasteiger partial charge in [-0.2, -0.15) is 0 Å². The van der Waals surface area contributed by atoms with E-state index in [0.717, 1.165) is 17.7 Å². The van der Waals surface area contributed by atoms with Gasteiger partial charge in [0.25, 0.3) is 0 Å². The number of hydrogen-bond donors (Lipinski definition) is 1. The first kappa shape index (κ1) is 12.4. The summed E-state index contributed by atoms with van der Waals surface area (Å²) >= 11 is 0. The Hall–Kier alpha value is -1.06. The van der Waals surface area contributed by atoms with E-state index in [-0.39, 0.29) is 11.7 Å². The summed E-state index contributed by atoms with van der Waals surface area (Å²) in [5, 5.41) is 10.1. The molecule has 0 bridgehead atoms.